The van der Waals surface area contributed by atoms with Crippen LogP contribution in [0.1, 0.15) is 11.7 Å². The number of aromatic nitrogens is 4. The molecule has 0 bridgehead atoms. The molecule has 0 fully saturated rings. The summed E-state index contributed by atoms with van der Waals surface area (Å²) in [5.74, 6) is -2.32. The fourth-order valence-corrected chi connectivity index (χ4v) is 2.86. The Morgan fingerprint density at radius 2 is 1.84 bits per heavy atom. The second kappa shape index (κ2) is 6.90. The second-order valence-corrected chi connectivity index (χ2v) is 5.89. The third-order valence-electron chi connectivity index (χ3n) is 3.13. The van der Waals surface area contributed by atoms with E-state index in [9.17, 15) is 10.1 Å². The molecule has 0 saturated heterocycles. The number of nitrogen functional groups attached to an aromatic ring is 2. The largest absolute Gasteiger partial charge is 0.368 e. The molecule has 0 unspecified atom stereocenters. The number of rotatable bonds is 4. The minimum Gasteiger partial charge on any atom is -0.368 e. The smallest absolute Gasteiger partial charge is 0.251 e. The molecule has 5 N–H and O–H groups in total. The molecule has 2 aromatic heterocycles. The highest BCUT2D eigenvalue weighted by atomic mass is 32.1. The number of carbonyl (C=O) groups excluding carboxylic acids is 1. The summed E-state index contributed by atoms with van der Waals surface area (Å²) in [7, 11) is 0. The average Bonchev–Trinajstić information content (AvgIpc) is 3.04. The Hall–Kier alpha value is -3.58. The Morgan fingerprint density at radius 1 is 1.16 bits per heavy atom. The highest BCUT2D eigenvalue weighted by Gasteiger charge is 2.25. The summed E-state index contributed by atoms with van der Waals surface area (Å²) in [6.45, 7) is 0. The van der Waals surface area contributed by atoms with Crippen LogP contribution in [0.25, 0.3) is 10.4 Å². The Balaban J connectivity index is 1.79. The highest BCUT2D eigenvalue weighted by molar-refractivity contribution is 7.19. The van der Waals surface area contributed by atoms with Gasteiger partial charge in [0.25, 0.3) is 5.91 Å². The summed E-state index contributed by atoms with van der Waals surface area (Å²) in [5, 5.41) is 12.2. The first kappa shape index (κ1) is 16.3. The molecule has 3 rings (SSSR count). The number of hydrogen-bond donors (Lipinski definition) is 3. The van der Waals surface area contributed by atoms with Crippen LogP contribution >= 0.6 is 11.3 Å². The summed E-state index contributed by atoms with van der Waals surface area (Å²) in [6.07, 6.45) is 1.65. The van der Waals surface area contributed by atoms with Gasteiger partial charge < -0.3 is 16.8 Å². The lowest BCUT2D eigenvalue weighted by molar-refractivity contribution is -0.116. The van der Waals surface area contributed by atoms with Gasteiger partial charge in [-0.25, -0.2) is 4.98 Å². The standard InChI is InChI=1S/C15H12N8OS/c16-6-9(11-20-13(17)23-14(18)21-11)12(24)22-15-19-7-10(25-15)8-4-2-1-3-5-8/h1-5,7,9H,(H,19,22,24)(H4,17,18,20,21,23)/t9-/m1/s1. The molecule has 1 atom stereocenters. The summed E-state index contributed by atoms with van der Waals surface area (Å²) in [5.41, 5.74) is 11.9. The van der Waals surface area contributed by atoms with Gasteiger partial charge in [0.05, 0.1) is 10.9 Å². The van der Waals surface area contributed by atoms with Crippen molar-refractivity contribution in [1.82, 2.24) is 19.9 Å². The van der Waals surface area contributed by atoms with Gasteiger partial charge in [0, 0.05) is 6.20 Å². The van der Waals surface area contributed by atoms with Gasteiger partial charge in [-0.3, -0.25) is 4.79 Å². The van der Waals surface area contributed by atoms with E-state index in [-0.39, 0.29) is 17.7 Å². The quantitative estimate of drug-likeness (QED) is 0.636. The number of thiazole rings is 1. The SMILES string of the molecule is N#C[C@@H](C(=O)Nc1ncc(-c2ccccc2)s1)c1nc(N)nc(N)n1. The molecular weight excluding hydrogens is 340 g/mol. The molecule has 3 aromatic rings. The second-order valence-electron chi connectivity index (χ2n) is 4.86. The van der Waals surface area contributed by atoms with Crippen molar-refractivity contribution in [3.05, 3.63) is 42.4 Å². The van der Waals surface area contributed by atoms with E-state index < -0.39 is 11.8 Å². The van der Waals surface area contributed by atoms with Crippen LogP contribution in [-0.4, -0.2) is 25.8 Å². The zero-order chi connectivity index (χ0) is 17.8. The first-order chi connectivity index (χ1) is 12.1. The maximum atomic E-state index is 12.4. The van der Waals surface area contributed by atoms with Crippen LogP contribution in [0.3, 0.4) is 0 Å². The Kier molecular flexibility index (Phi) is 4.49. The zero-order valence-electron chi connectivity index (χ0n) is 12.7. The molecule has 25 heavy (non-hydrogen) atoms. The van der Waals surface area contributed by atoms with Crippen LogP contribution in [-0.2, 0) is 4.79 Å². The lowest BCUT2D eigenvalue weighted by Crippen LogP contribution is -2.23. The minimum atomic E-state index is -1.28. The van der Waals surface area contributed by atoms with Gasteiger partial charge in [-0.1, -0.05) is 41.7 Å². The van der Waals surface area contributed by atoms with Crippen molar-refractivity contribution in [2.24, 2.45) is 0 Å². The predicted molar refractivity (Wildman–Crippen MR) is 93.2 cm³/mol. The molecule has 124 valence electrons. The van der Waals surface area contributed by atoms with Crippen molar-refractivity contribution in [3.63, 3.8) is 0 Å². The van der Waals surface area contributed by atoms with Crippen molar-refractivity contribution < 1.29 is 4.79 Å². The van der Waals surface area contributed by atoms with Crippen LogP contribution in [0.4, 0.5) is 17.0 Å². The summed E-state index contributed by atoms with van der Waals surface area (Å²) in [6, 6.07) is 11.4. The van der Waals surface area contributed by atoms with Gasteiger partial charge in [0.15, 0.2) is 16.9 Å². The number of amides is 1. The molecule has 0 aliphatic carbocycles. The Bertz CT molecular complexity index is 929. The molecule has 0 aliphatic heterocycles. The van der Waals surface area contributed by atoms with Crippen molar-refractivity contribution in [1.29, 1.82) is 5.26 Å². The summed E-state index contributed by atoms with van der Waals surface area (Å²) in [4.78, 5) is 28.6. The lowest BCUT2D eigenvalue weighted by Gasteiger charge is -2.07. The van der Waals surface area contributed by atoms with E-state index >= 15 is 0 Å². The van der Waals surface area contributed by atoms with Crippen molar-refractivity contribution in [3.8, 4) is 16.5 Å². The molecule has 9 nitrogen and oxygen atoms in total. The molecule has 10 heteroatoms. The van der Waals surface area contributed by atoms with Crippen LogP contribution < -0.4 is 16.8 Å². The number of nitrogens with one attached hydrogen (secondary N) is 1. The number of anilines is 3. The van der Waals surface area contributed by atoms with E-state index in [4.69, 9.17) is 11.5 Å². The topological polar surface area (TPSA) is 156 Å². The highest BCUT2D eigenvalue weighted by Crippen LogP contribution is 2.29. The van der Waals surface area contributed by atoms with E-state index in [0.717, 1.165) is 10.4 Å². The predicted octanol–water partition coefficient (Wildman–Crippen LogP) is 1.41. The van der Waals surface area contributed by atoms with Crippen molar-refractivity contribution >= 4 is 34.3 Å². The van der Waals surface area contributed by atoms with E-state index in [0.29, 0.717) is 5.13 Å². The van der Waals surface area contributed by atoms with Gasteiger partial charge in [-0.15, -0.1) is 0 Å². The Morgan fingerprint density at radius 3 is 2.48 bits per heavy atom. The van der Waals surface area contributed by atoms with E-state index in [1.165, 1.54) is 11.3 Å². The van der Waals surface area contributed by atoms with Gasteiger partial charge in [-0.2, -0.15) is 20.2 Å². The average molecular weight is 352 g/mol. The fraction of sp³-hybridized carbons (Fsp3) is 0.0667. The summed E-state index contributed by atoms with van der Waals surface area (Å²) >= 11 is 1.29. The molecular formula is C15H12N8OS. The van der Waals surface area contributed by atoms with Crippen LogP contribution in [0.15, 0.2) is 36.5 Å². The number of benzene rings is 1. The third kappa shape index (κ3) is 3.67. The van der Waals surface area contributed by atoms with Crippen LogP contribution in [0.5, 0.6) is 0 Å². The number of nitrogens with zero attached hydrogens (tertiary/aromatic N) is 5. The number of nitrogens with two attached hydrogens (primary N) is 2. The zero-order valence-corrected chi connectivity index (χ0v) is 13.6. The molecule has 0 radical (unpaired) electrons. The van der Waals surface area contributed by atoms with E-state index in [1.807, 2.05) is 36.4 Å². The number of nitriles is 1. The van der Waals surface area contributed by atoms with Gasteiger partial charge in [0.2, 0.25) is 11.9 Å². The first-order valence-electron chi connectivity index (χ1n) is 7.05. The normalized spacial score (nSPS) is 11.5. The maximum Gasteiger partial charge on any atom is 0.251 e. The molecule has 0 spiro atoms. The van der Waals surface area contributed by atoms with Crippen LogP contribution in [0.2, 0.25) is 0 Å². The molecule has 1 aromatic carbocycles. The van der Waals surface area contributed by atoms with Crippen LogP contribution in [0, 0.1) is 11.3 Å². The van der Waals surface area contributed by atoms with Gasteiger partial charge >= 0.3 is 0 Å². The number of carbonyl (C=O) groups is 1. The van der Waals surface area contributed by atoms with Crippen molar-refractivity contribution in [2.75, 3.05) is 16.8 Å². The molecule has 0 aliphatic rings. The van der Waals surface area contributed by atoms with Gasteiger partial charge in [0.1, 0.15) is 0 Å². The Labute approximate surface area is 146 Å². The minimum absolute atomic E-state index is 0.107. The maximum absolute atomic E-state index is 12.4. The molecule has 0 saturated carbocycles. The molecule has 1 amide bonds. The first-order valence-corrected chi connectivity index (χ1v) is 7.87. The molecule has 2 heterocycles. The summed E-state index contributed by atoms with van der Waals surface area (Å²) < 4.78 is 0. The van der Waals surface area contributed by atoms with Crippen molar-refractivity contribution in [2.45, 2.75) is 5.92 Å². The van der Waals surface area contributed by atoms with E-state index in [1.54, 1.807) is 6.20 Å². The number of hydrogen-bond acceptors (Lipinski definition) is 9. The fourth-order valence-electron chi connectivity index (χ4n) is 2.04. The third-order valence-corrected chi connectivity index (χ3v) is 4.09. The van der Waals surface area contributed by atoms with Gasteiger partial charge in [-0.05, 0) is 5.56 Å². The monoisotopic (exact) mass is 352 g/mol. The van der Waals surface area contributed by atoms with E-state index in [2.05, 4.69) is 25.3 Å². The lowest BCUT2D eigenvalue weighted by atomic mass is 10.1.